The van der Waals surface area contributed by atoms with Crippen LogP contribution in [0.5, 0.6) is 0 Å². The quantitative estimate of drug-likeness (QED) is 0.645. The lowest BCUT2D eigenvalue weighted by Gasteiger charge is -2.33. The number of nitrogens with one attached hydrogen (secondary N) is 1. The summed E-state index contributed by atoms with van der Waals surface area (Å²) in [6, 6.07) is 0. The number of hydrogen-bond donors (Lipinski definition) is 1. The van der Waals surface area contributed by atoms with Gasteiger partial charge in [-0.2, -0.15) is 0 Å². The van der Waals surface area contributed by atoms with Crippen molar-refractivity contribution >= 4 is 6.41 Å². The number of amides is 1. The number of hydrogen-bond acceptors (Lipinski definition) is 2. The zero-order chi connectivity index (χ0) is 10.3. The normalized spacial score (nSPS) is 25.5. The second-order valence-electron chi connectivity index (χ2n) is 4.33. The molecule has 0 saturated carbocycles. The highest BCUT2D eigenvalue weighted by Gasteiger charge is 2.46. The fourth-order valence-corrected chi connectivity index (χ4v) is 1.70. The van der Waals surface area contributed by atoms with Crippen molar-refractivity contribution in [2.45, 2.75) is 38.8 Å². The van der Waals surface area contributed by atoms with E-state index in [1.165, 1.54) is 0 Å². The Bertz CT molecular complexity index is 256. The number of rotatable bonds is 2. The van der Waals surface area contributed by atoms with Gasteiger partial charge in [0, 0.05) is 5.70 Å². The van der Waals surface area contributed by atoms with Gasteiger partial charge in [0.1, 0.15) is 0 Å². The standard InChI is InChI=1S/C9H15N2O2/c1-8(2)5-7(10-6-12)9(3,4)11(8)13/h5-6H,1-4H3,(H,10,12). The van der Waals surface area contributed by atoms with E-state index in [9.17, 15) is 10.0 Å². The largest absolute Gasteiger partial charge is 0.331 e. The average molecular weight is 183 g/mol. The van der Waals surface area contributed by atoms with Crippen molar-refractivity contribution in [2.24, 2.45) is 0 Å². The molecule has 1 rings (SSSR count). The van der Waals surface area contributed by atoms with Gasteiger partial charge in [-0.05, 0) is 33.8 Å². The van der Waals surface area contributed by atoms with Gasteiger partial charge < -0.3 is 5.32 Å². The lowest BCUT2D eigenvalue weighted by molar-refractivity contribution is -0.239. The van der Waals surface area contributed by atoms with Crippen molar-refractivity contribution in [1.82, 2.24) is 10.4 Å². The molecule has 0 unspecified atom stereocenters. The number of carbonyl (C=O) groups excluding carboxylic acids is 1. The van der Waals surface area contributed by atoms with Gasteiger partial charge in [-0.3, -0.25) is 4.79 Å². The van der Waals surface area contributed by atoms with E-state index < -0.39 is 11.1 Å². The fourth-order valence-electron chi connectivity index (χ4n) is 1.70. The van der Waals surface area contributed by atoms with Crippen LogP contribution in [0.3, 0.4) is 0 Å². The Kier molecular flexibility index (Phi) is 2.21. The lowest BCUT2D eigenvalue weighted by atomic mass is 10.0. The molecule has 0 aliphatic carbocycles. The Balaban J connectivity index is 3.01. The molecule has 0 bridgehead atoms. The molecule has 1 aliphatic heterocycles. The Hall–Kier alpha value is -0.870. The summed E-state index contributed by atoms with van der Waals surface area (Å²) in [7, 11) is 0. The smallest absolute Gasteiger partial charge is 0.211 e. The zero-order valence-corrected chi connectivity index (χ0v) is 8.42. The van der Waals surface area contributed by atoms with E-state index in [2.05, 4.69) is 5.32 Å². The van der Waals surface area contributed by atoms with Gasteiger partial charge >= 0.3 is 0 Å². The van der Waals surface area contributed by atoms with Gasteiger partial charge in [-0.15, -0.1) is 10.3 Å². The summed E-state index contributed by atoms with van der Waals surface area (Å²) in [4.78, 5) is 10.3. The number of hydroxylamine groups is 2. The molecule has 4 nitrogen and oxygen atoms in total. The van der Waals surface area contributed by atoms with Crippen molar-refractivity contribution in [3.05, 3.63) is 11.8 Å². The molecule has 0 aromatic carbocycles. The van der Waals surface area contributed by atoms with Crippen molar-refractivity contribution in [3.8, 4) is 0 Å². The Morgan fingerprint density at radius 2 is 1.92 bits per heavy atom. The van der Waals surface area contributed by atoms with Crippen LogP contribution < -0.4 is 5.32 Å². The van der Waals surface area contributed by atoms with E-state index >= 15 is 0 Å². The van der Waals surface area contributed by atoms with Crippen LogP contribution in [-0.4, -0.2) is 22.6 Å². The van der Waals surface area contributed by atoms with E-state index in [0.717, 1.165) is 5.06 Å². The monoisotopic (exact) mass is 183 g/mol. The van der Waals surface area contributed by atoms with E-state index in [1.807, 2.05) is 13.8 Å². The van der Waals surface area contributed by atoms with Crippen LogP contribution in [-0.2, 0) is 10.0 Å². The summed E-state index contributed by atoms with van der Waals surface area (Å²) >= 11 is 0. The van der Waals surface area contributed by atoms with Gasteiger partial charge in [-0.1, -0.05) is 0 Å². The summed E-state index contributed by atoms with van der Waals surface area (Å²) < 4.78 is 0. The van der Waals surface area contributed by atoms with E-state index in [4.69, 9.17) is 0 Å². The van der Waals surface area contributed by atoms with Gasteiger partial charge in [-0.25, -0.2) is 0 Å². The predicted molar refractivity (Wildman–Crippen MR) is 48.0 cm³/mol. The first kappa shape index (κ1) is 10.2. The molecule has 0 fully saturated rings. The molecule has 1 radical (unpaired) electrons. The van der Waals surface area contributed by atoms with Crippen LogP contribution in [0, 0.1) is 0 Å². The molecule has 0 spiro atoms. The van der Waals surface area contributed by atoms with E-state index in [-0.39, 0.29) is 0 Å². The van der Waals surface area contributed by atoms with Crippen LogP contribution in [0.2, 0.25) is 0 Å². The maximum atomic E-state index is 11.7. The fraction of sp³-hybridized carbons (Fsp3) is 0.667. The molecule has 1 aliphatic rings. The second-order valence-corrected chi connectivity index (χ2v) is 4.33. The van der Waals surface area contributed by atoms with Crippen LogP contribution in [0.25, 0.3) is 0 Å². The third kappa shape index (κ3) is 1.47. The first-order valence-corrected chi connectivity index (χ1v) is 4.23. The maximum absolute atomic E-state index is 11.7. The molecule has 13 heavy (non-hydrogen) atoms. The summed E-state index contributed by atoms with van der Waals surface area (Å²) in [6.07, 6.45) is 2.39. The van der Waals surface area contributed by atoms with Crippen molar-refractivity contribution < 1.29 is 10.0 Å². The van der Waals surface area contributed by atoms with Gasteiger partial charge in [0.2, 0.25) is 6.41 Å². The van der Waals surface area contributed by atoms with Gasteiger partial charge in [0.05, 0.1) is 11.1 Å². The summed E-state index contributed by atoms with van der Waals surface area (Å²) in [5.41, 5.74) is -0.526. The summed E-state index contributed by atoms with van der Waals surface area (Å²) in [6.45, 7) is 7.22. The summed E-state index contributed by atoms with van der Waals surface area (Å²) in [5.74, 6) is 0. The topological polar surface area (TPSA) is 52.2 Å². The molecular formula is C9H15N2O2. The first-order chi connectivity index (χ1) is 5.82. The molecule has 4 heteroatoms. The lowest BCUT2D eigenvalue weighted by Crippen LogP contribution is -2.48. The Labute approximate surface area is 78.2 Å². The molecule has 0 saturated heterocycles. The number of carbonyl (C=O) groups is 1. The first-order valence-electron chi connectivity index (χ1n) is 4.23. The van der Waals surface area contributed by atoms with E-state index in [0.29, 0.717) is 12.1 Å². The molecule has 73 valence electrons. The van der Waals surface area contributed by atoms with Crippen LogP contribution in [0.1, 0.15) is 27.7 Å². The summed E-state index contributed by atoms with van der Waals surface area (Å²) in [5, 5.41) is 15.3. The van der Waals surface area contributed by atoms with Gasteiger partial charge in [0.25, 0.3) is 0 Å². The predicted octanol–water partition coefficient (Wildman–Crippen LogP) is 0.835. The van der Waals surface area contributed by atoms with Crippen molar-refractivity contribution in [3.63, 3.8) is 0 Å². The second kappa shape index (κ2) is 2.82. The third-order valence-corrected chi connectivity index (χ3v) is 2.40. The molecule has 0 aromatic rings. The third-order valence-electron chi connectivity index (χ3n) is 2.40. The maximum Gasteiger partial charge on any atom is 0.211 e. The van der Waals surface area contributed by atoms with Gasteiger partial charge in [0.15, 0.2) is 0 Å². The zero-order valence-electron chi connectivity index (χ0n) is 8.42. The minimum Gasteiger partial charge on any atom is -0.331 e. The van der Waals surface area contributed by atoms with Crippen molar-refractivity contribution in [2.75, 3.05) is 0 Å². The molecule has 0 aromatic heterocycles. The molecule has 1 amide bonds. The minimum absolute atomic E-state index is 0.547. The Morgan fingerprint density at radius 1 is 1.38 bits per heavy atom. The van der Waals surface area contributed by atoms with Crippen LogP contribution in [0.15, 0.2) is 11.8 Å². The highest BCUT2D eigenvalue weighted by molar-refractivity contribution is 5.52. The van der Waals surface area contributed by atoms with E-state index in [1.54, 1.807) is 19.9 Å². The highest BCUT2D eigenvalue weighted by atomic mass is 16.5. The Morgan fingerprint density at radius 3 is 2.23 bits per heavy atom. The van der Waals surface area contributed by atoms with Crippen LogP contribution >= 0.6 is 0 Å². The SMILES string of the molecule is CC1(C)C=C(NC=O)C(C)(C)N1[O]. The van der Waals surface area contributed by atoms with Crippen LogP contribution in [0.4, 0.5) is 0 Å². The molecule has 1 heterocycles. The minimum atomic E-state index is -0.648. The van der Waals surface area contributed by atoms with Crippen molar-refractivity contribution in [1.29, 1.82) is 0 Å². The molecule has 0 atom stereocenters. The molecule has 1 N–H and O–H groups in total. The molecular weight excluding hydrogens is 168 g/mol. The average Bonchev–Trinajstić information content (AvgIpc) is 2.14. The number of nitrogens with zero attached hydrogens (tertiary/aromatic N) is 1. The highest BCUT2D eigenvalue weighted by Crippen LogP contribution is 2.36.